The molecule has 0 aliphatic heterocycles. The van der Waals surface area contributed by atoms with Gasteiger partial charge >= 0.3 is 239 Å². The minimum atomic E-state index is -2.97. The molecule has 0 spiro atoms. The van der Waals surface area contributed by atoms with Crippen molar-refractivity contribution in [2.75, 3.05) is 24.6 Å². The van der Waals surface area contributed by atoms with Gasteiger partial charge in [-0.1, -0.05) is 13.3 Å². The molecule has 0 aromatic carbocycles. The van der Waals surface area contributed by atoms with Crippen LogP contribution in [0.3, 0.4) is 0 Å². The van der Waals surface area contributed by atoms with Gasteiger partial charge in [-0.3, -0.25) is 0 Å². The molecule has 0 saturated carbocycles. The van der Waals surface area contributed by atoms with E-state index in [0.29, 0.717) is 0 Å². The Labute approximate surface area is 251 Å². The van der Waals surface area contributed by atoms with Crippen molar-refractivity contribution >= 4 is 6.60 Å². The van der Waals surface area contributed by atoms with E-state index in [1.165, 1.54) is 109 Å². The van der Waals surface area contributed by atoms with Gasteiger partial charge in [0.05, 0.1) is 0 Å². The number of nitriles is 3. The quantitative estimate of drug-likeness (QED) is 0.0660. The van der Waals surface area contributed by atoms with E-state index in [-0.39, 0.29) is 0 Å². The molecule has 0 fully saturated rings. The van der Waals surface area contributed by atoms with E-state index in [9.17, 15) is 15.8 Å². The van der Waals surface area contributed by atoms with Crippen LogP contribution in [-0.4, -0.2) is 29.8 Å². The fraction of sp³-hybridized carbons (Fsp3) is 0.917. The molecule has 0 bridgehead atoms. The van der Waals surface area contributed by atoms with Crippen LogP contribution in [0.15, 0.2) is 0 Å². The second-order valence-corrected chi connectivity index (χ2v) is 19.4. The summed E-state index contributed by atoms with van der Waals surface area (Å²) in [5.41, 5.74) is 0. The maximum absolute atomic E-state index is 10.6. The Morgan fingerprint density at radius 2 is 0.550 bits per heavy atom. The summed E-state index contributed by atoms with van der Waals surface area (Å²) in [6.07, 6.45) is 33.6. The molecule has 3 nitrogen and oxygen atoms in total. The molecular weight excluding hydrogens is 505 g/mol. The van der Waals surface area contributed by atoms with E-state index in [2.05, 4.69) is 45.9 Å². The van der Waals surface area contributed by atoms with E-state index < -0.39 is 11.8 Å². The van der Waals surface area contributed by atoms with Gasteiger partial charge in [-0.05, 0) is 0 Å². The SMILES string of the molecule is CCCCCCCCCCCCCCP(CCCCCC)(CCCCCC)(CCCCCC)C(C#N)(C#N)C#N. The van der Waals surface area contributed by atoms with Gasteiger partial charge in [0.15, 0.2) is 0 Å². The third-order valence-electron chi connectivity index (χ3n) is 9.83. The third kappa shape index (κ3) is 13.3. The monoisotopic (exact) mass is 574 g/mol. The maximum atomic E-state index is 10.6. The van der Waals surface area contributed by atoms with Crippen molar-refractivity contribution in [3.8, 4) is 18.2 Å². The van der Waals surface area contributed by atoms with Crippen molar-refractivity contribution < 1.29 is 0 Å². The van der Waals surface area contributed by atoms with Crippen LogP contribution in [0.25, 0.3) is 0 Å². The van der Waals surface area contributed by atoms with E-state index in [1.54, 1.807) is 0 Å². The summed E-state index contributed by atoms with van der Waals surface area (Å²) in [5, 5.41) is 30.4. The molecule has 0 aliphatic rings. The predicted octanol–water partition coefficient (Wildman–Crippen LogP) is 12.3. The molecule has 0 atom stereocenters. The first-order valence-corrected chi connectivity index (χ1v) is 20.7. The average molecular weight is 574 g/mol. The van der Waals surface area contributed by atoms with Crippen LogP contribution in [0.1, 0.15) is 182 Å². The van der Waals surface area contributed by atoms with Crippen molar-refractivity contribution in [3.05, 3.63) is 0 Å². The van der Waals surface area contributed by atoms with Gasteiger partial charge in [-0.15, -0.1) is 0 Å². The van der Waals surface area contributed by atoms with Gasteiger partial charge in [0, 0.05) is 0 Å². The summed E-state index contributed by atoms with van der Waals surface area (Å²) in [4.78, 5) is 0. The summed E-state index contributed by atoms with van der Waals surface area (Å²) in [6.45, 7) is 6.03. The van der Waals surface area contributed by atoms with Crippen LogP contribution < -0.4 is 0 Å². The van der Waals surface area contributed by atoms with Crippen molar-refractivity contribution in [2.45, 2.75) is 187 Å². The van der Waals surface area contributed by atoms with Crippen molar-refractivity contribution in [2.24, 2.45) is 0 Å². The predicted molar refractivity (Wildman–Crippen MR) is 179 cm³/mol. The minimum absolute atomic E-state index is 0.983. The Bertz CT molecular complexity index is 656. The van der Waals surface area contributed by atoms with Crippen molar-refractivity contribution in [1.29, 1.82) is 15.8 Å². The molecule has 0 heterocycles. The standard InChI is InChI=1S/C36H68N3P/c1-5-9-13-17-18-19-20-21-22-23-24-28-32-40(29-25-14-10-6-2,30-26-15-11-7-3,31-27-16-12-8-4)36(33-37,34-38)35-39/h5-32H2,1-4H3. The van der Waals surface area contributed by atoms with Gasteiger partial charge < -0.3 is 0 Å². The topological polar surface area (TPSA) is 71.4 Å². The van der Waals surface area contributed by atoms with Crippen LogP contribution in [0.2, 0.25) is 0 Å². The van der Waals surface area contributed by atoms with Gasteiger partial charge in [-0.25, -0.2) is 0 Å². The van der Waals surface area contributed by atoms with Crippen LogP contribution in [0.5, 0.6) is 0 Å². The number of rotatable bonds is 29. The van der Waals surface area contributed by atoms with Gasteiger partial charge in [0.1, 0.15) is 0 Å². The molecule has 0 saturated heterocycles. The Hall–Kier alpha value is -1.10. The third-order valence-corrected chi connectivity index (χ3v) is 18.0. The van der Waals surface area contributed by atoms with Crippen LogP contribution in [0, 0.1) is 34.0 Å². The van der Waals surface area contributed by atoms with Gasteiger partial charge in [0.2, 0.25) is 0 Å². The van der Waals surface area contributed by atoms with Gasteiger partial charge in [0.25, 0.3) is 0 Å². The molecule has 232 valence electrons. The molecule has 0 aromatic heterocycles. The van der Waals surface area contributed by atoms with E-state index in [0.717, 1.165) is 69.6 Å². The molecular formula is C36H68N3P. The Morgan fingerprint density at radius 3 is 0.775 bits per heavy atom. The summed E-state index contributed by atoms with van der Waals surface area (Å²) in [7, 11) is 0. The van der Waals surface area contributed by atoms with Crippen LogP contribution >= 0.6 is 6.60 Å². The van der Waals surface area contributed by atoms with Crippen LogP contribution in [0.4, 0.5) is 0 Å². The van der Waals surface area contributed by atoms with E-state index in [4.69, 9.17) is 0 Å². The molecule has 0 aliphatic carbocycles. The fourth-order valence-electron chi connectivity index (χ4n) is 7.07. The number of hydrogen-bond donors (Lipinski definition) is 0. The number of unbranched alkanes of at least 4 members (excludes halogenated alkanes) is 20. The average Bonchev–Trinajstić information content (AvgIpc) is 2.98. The summed E-state index contributed by atoms with van der Waals surface area (Å²) >= 11 is 0. The molecule has 0 aromatic rings. The first-order chi connectivity index (χ1) is 19.5. The Balaban J connectivity index is 5.72. The Morgan fingerprint density at radius 1 is 0.350 bits per heavy atom. The Kier molecular flexibility index (Phi) is 23.8. The first-order valence-electron chi connectivity index (χ1n) is 17.7. The first kappa shape index (κ1) is 38.9. The number of nitrogens with zero attached hydrogens (tertiary/aromatic N) is 3. The number of hydrogen-bond acceptors (Lipinski definition) is 3. The molecule has 0 rings (SSSR count). The second-order valence-electron chi connectivity index (χ2n) is 13.0. The zero-order chi connectivity index (χ0) is 29.9. The molecule has 0 unspecified atom stereocenters. The fourth-order valence-corrected chi connectivity index (χ4v) is 14.8. The zero-order valence-electron chi connectivity index (χ0n) is 27.6. The van der Waals surface area contributed by atoms with Crippen molar-refractivity contribution in [3.63, 3.8) is 0 Å². The molecule has 0 radical (unpaired) electrons. The second kappa shape index (κ2) is 24.5. The zero-order valence-corrected chi connectivity index (χ0v) is 28.5. The molecule has 40 heavy (non-hydrogen) atoms. The normalized spacial score (nSPS) is 12.8. The summed E-state index contributed by atoms with van der Waals surface area (Å²) < 4.78 is 0. The molecule has 0 amide bonds. The van der Waals surface area contributed by atoms with Gasteiger partial charge in [-0.2, -0.15) is 0 Å². The summed E-state index contributed by atoms with van der Waals surface area (Å²) in [6, 6.07) is 7.35. The van der Waals surface area contributed by atoms with E-state index in [1.807, 2.05) is 0 Å². The van der Waals surface area contributed by atoms with Crippen LogP contribution in [-0.2, 0) is 0 Å². The molecule has 0 N–H and O–H groups in total. The van der Waals surface area contributed by atoms with E-state index >= 15 is 0 Å². The van der Waals surface area contributed by atoms with Crippen molar-refractivity contribution in [1.82, 2.24) is 0 Å². The summed E-state index contributed by atoms with van der Waals surface area (Å²) in [5.74, 6) is 0. The molecule has 4 heteroatoms.